The van der Waals surface area contributed by atoms with E-state index in [4.69, 9.17) is 5.11 Å². The molecule has 4 nitrogen and oxygen atoms in total. The van der Waals surface area contributed by atoms with Crippen LogP contribution in [0.5, 0.6) is 0 Å². The van der Waals surface area contributed by atoms with Crippen molar-refractivity contribution in [3.63, 3.8) is 0 Å². The Morgan fingerprint density at radius 2 is 2.19 bits per heavy atom. The number of carboxylic acid groups (broad SMARTS) is 1. The first kappa shape index (κ1) is 12.7. The van der Waals surface area contributed by atoms with Crippen molar-refractivity contribution < 1.29 is 14.7 Å². The van der Waals surface area contributed by atoms with Gasteiger partial charge in [-0.2, -0.15) is 0 Å². The first-order valence-electron chi connectivity index (χ1n) is 4.83. The van der Waals surface area contributed by atoms with Crippen molar-refractivity contribution in [2.24, 2.45) is 0 Å². The molecule has 16 heavy (non-hydrogen) atoms. The molecule has 5 heteroatoms. The van der Waals surface area contributed by atoms with Gasteiger partial charge in [0.2, 0.25) is 5.91 Å². The number of alkyl halides is 1. The molecule has 1 rings (SSSR count). The number of rotatable bonds is 4. The predicted molar refractivity (Wildman–Crippen MR) is 65.0 cm³/mol. The van der Waals surface area contributed by atoms with E-state index in [1.54, 1.807) is 12.1 Å². The summed E-state index contributed by atoms with van der Waals surface area (Å²) in [5, 5.41) is 11.4. The highest BCUT2D eigenvalue weighted by Gasteiger charge is 2.12. The van der Waals surface area contributed by atoms with Crippen molar-refractivity contribution in [2.75, 3.05) is 5.32 Å². The fourth-order valence-corrected chi connectivity index (χ4v) is 1.25. The fourth-order valence-electron chi connectivity index (χ4n) is 1.14. The second kappa shape index (κ2) is 5.65. The van der Waals surface area contributed by atoms with Gasteiger partial charge in [0, 0.05) is 5.69 Å². The van der Waals surface area contributed by atoms with Crippen LogP contribution in [0.4, 0.5) is 5.69 Å². The first-order valence-corrected chi connectivity index (χ1v) is 5.74. The zero-order chi connectivity index (χ0) is 12.1. The lowest BCUT2D eigenvalue weighted by atomic mass is 10.2. The van der Waals surface area contributed by atoms with Gasteiger partial charge in [-0.15, -0.1) is 0 Å². The summed E-state index contributed by atoms with van der Waals surface area (Å²) in [5.74, 6) is -1.19. The Morgan fingerprint density at radius 1 is 1.50 bits per heavy atom. The number of anilines is 1. The third-order valence-corrected chi connectivity index (χ3v) is 3.08. The zero-order valence-corrected chi connectivity index (χ0v) is 10.3. The Hall–Kier alpha value is -1.36. The highest BCUT2D eigenvalue weighted by atomic mass is 79.9. The minimum absolute atomic E-state index is 0.153. The van der Waals surface area contributed by atoms with E-state index in [0.717, 1.165) is 0 Å². The molecule has 1 amide bonds. The molecular formula is C11H12BrNO3. The van der Waals surface area contributed by atoms with Crippen molar-refractivity contribution in [3.05, 3.63) is 29.8 Å². The van der Waals surface area contributed by atoms with E-state index in [9.17, 15) is 9.59 Å². The molecule has 0 aliphatic carbocycles. The molecule has 0 radical (unpaired) electrons. The molecule has 0 aliphatic rings. The van der Waals surface area contributed by atoms with Crippen LogP contribution in [0.25, 0.3) is 0 Å². The molecule has 0 aromatic heterocycles. The monoisotopic (exact) mass is 285 g/mol. The number of nitrogens with one attached hydrogen (secondary N) is 1. The average Bonchev–Trinajstić information content (AvgIpc) is 2.28. The average molecular weight is 286 g/mol. The number of carboxylic acids is 1. The Morgan fingerprint density at radius 3 is 2.75 bits per heavy atom. The smallest absolute Gasteiger partial charge is 0.335 e. The number of halogens is 1. The number of carbonyl (C=O) groups is 2. The Kier molecular flexibility index (Phi) is 4.49. The SMILES string of the molecule is CCC(Br)C(=O)Nc1cccc(C(=O)O)c1. The van der Waals surface area contributed by atoms with Gasteiger partial charge in [-0.1, -0.05) is 28.9 Å². The molecule has 86 valence electrons. The molecule has 1 unspecified atom stereocenters. The van der Waals surface area contributed by atoms with Gasteiger partial charge in [0.15, 0.2) is 0 Å². The predicted octanol–water partition coefficient (Wildman–Crippen LogP) is 2.50. The maximum Gasteiger partial charge on any atom is 0.335 e. The Bertz CT molecular complexity index is 406. The van der Waals surface area contributed by atoms with Crippen molar-refractivity contribution in [3.8, 4) is 0 Å². The molecule has 0 saturated heterocycles. The van der Waals surface area contributed by atoms with Gasteiger partial charge in [0.05, 0.1) is 10.4 Å². The standard InChI is InChI=1S/C11H12BrNO3/c1-2-9(12)10(14)13-8-5-3-4-7(6-8)11(15)16/h3-6,9H,2H2,1H3,(H,13,14)(H,15,16). The number of hydrogen-bond acceptors (Lipinski definition) is 2. The summed E-state index contributed by atoms with van der Waals surface area (Å²) in [4.78, 5) is 22.0. The number of carbonyl (C=O) groups excluding carboxylic acids is 1. The zero-order valence-electron chi connectivity index (χ0n) is 8.74. The van der Waals surface area contributed by atoms with Gasteiger partial charge < -0.3 is 10.4 Å². The van der Waals surface area contributed by atoms with Crippen LogP contribution in [-0.4, -0.2) is 21.8 Å². The van der Waals surface area contributed by atoms with Crippen LogP contribution in [-0.2, 0) is 4.79 Å². The number of benzene rings is 1. The van der Waals surface area contributed by atoms with Crippen molar-refractivity contribution in [1.82, 2.24) is 0 Å². The van der Waals surface area contributed by atoms with Crippen molar-refractivity contribution in [2.45, 2.75) is 18.2 Å². The molecule has 0 spiro atoms. The molecule has 0 fully saturated rings. The van der Waals surface area contributed by atoms with Crippen LogP contribution in [0.15, 0.2) is 24.3 Å². The van der Waals surface area contributed by atoms with E-state index in [0.29, 0.717) is 12.1 Å². The molecule has 1 aromatic carbocycles. The summed E-state index contributed by atoms with van der Waals surface area (Å²) in [6, 6.07) is 6.15. The highest BCUT2D eigenvalue weighted by Crippen LogP contribution is 2.13. The van der Waals surface area contributed by atoms with Crippen LogP contribution >= 0.6 is 15.9 Å². The summed E-state index contributed by atoms with van der Waals surface area (Å²) in [5.41, 5.74) is 0.642. The summed E-state index contributed by atoms with van der Waals surface area (Å²) < 4.78 is 0. The van der Waals surface area contributed by atoms with Crippen LogP contribution in [0.3, 0.4) is 0 Å². The lowest BCUT2D eigenvalue weighted by Crippen LogP contribution is -2.22. The normalized spacial score (nSPS) is 11.9. The molecule has 0 saturated carbocycles. The maximum atomic E-state index is 11.5. The second-order valence-electron chi connectivity index (χ2n) is 3.25. The number of aromatic carboxylic acids is 1. The maximum absolute atomic E-state index is 11.5. The molecular weight excluding hydrogens is 274 g/mol. The Balaban J connectivity index is 2.78. The minimum atomic E-state index is -1.01. The van der Waals surface area contributed by atoms with Crippen LogP contribution < -0.4 is 5.32 Å². The third kappa shape index (κ3) is 3.34. The van der Waals surface area contributed by atoms with Crippen LogP contribution in [0.2, 0.25) is 0 Å². The van der Waals surface area contributed by atoms with Crippen molar-refractivity contribution in [1.29, 1.82) is 0 Å². The summed E-state index contributed by atoms with van der Waals surface area (Å²) in [7, 11) is 0. The molecule has 0 bridgehead atoms. The summed E-state index contributed by atoms with van der Waals surface area (Å²) in [6.07, 6.45) is 0.671. The van der Waals surface area contributed by atoms with Gasteiger partial charge in [-0.05, 0) is 24.6 Å². The molecule has 0 aliphatic heterocycles. The summed E-state index contributed by atoms with van der Waals surface area (Å²) >= 11 is 3.22. The lowest BCUT2D eigenvalue weighted by molar-refractivity contribution is -0.115. The van der Waals surface area contributed by atoms with E-state index in [1.165, 1.54) is 12.1 Å². The topological polar surface area (TPSA) is 66.4 Å². The quantitative estimate of drug-likeness (QED) is 0.836. The van der Waals surface area contributed by atoms with E-state index in [2.05, 4.69) is 21.2 Å². The van der Waals surface area contributed by atoms with Gasteiger partial charge in [0.1, 0.15) is 0 Å². The first-order chi connectivity index (χ1) is 7.54. The van der Waals surface area contributed by atoms with Gasteiger partial charge in [-0.25, -0.2) is 4.79 Å². The molecule has 0 heterocycles. The van der Waals surface area contributed by atoms with E-state index < -0.39 is 5.97 Å². The minimum Gasteiger partial charge on any atom is -0.478 e. The van der Waals surface area contributed by atoms with E-state index in [1.807, 2.05) is 6.92 Å². The highest BCUT2D eigenvalue weighted by molar-refractivity contribution is 9.10. The van der Waals surface area contributed by atoms with Gasteiger partial charge in [0.25, 0.3) is 0 Å². The Labute approximate surface area is 102 Å². The fraction of sp³-hybridized carbons (Fsp3) is 0.273. The van der Waals surface area contributed by atoms with E-state index in [-0.39, 0.29) is 16.3 Å². The molecule has 1 atom stereocenters. The lowest BCUT2D eigenvalue weighted by Gasteiger charge is -2.08. The number of amides is 1. The van der Waals surface area contributed by atoms with Gasteiger partial charge in [-0.3, -0.25) is 4.79 Å². The summed E-state index contributed by atoms with van der Waals surface area (Å²) in [6.45, 7) is 1.88. The molecule has 1 aromatic rings. The number of hydrogen-bond donors (Lipinski definition) is 2. The second-order valence-corrected chi connectivity index (χ2v) is 4.36. The third-order valence-electron chi connectivity index (χ3n) is 2.02. The van der Waals surface area contributed by atoms with Crippen molar-refractivity contribution >= 4 is 33.5 Å². The van der Waals surface area contributed by atoms with Gasteiger partial charge >= 0.3 is 5.97 Å². The van der Waals surface area contributed by atoms with Crippen LogP contribution in [0, 0.1) is 0 Å². The molecule has 2 N–H and O–H groups in total. The largest absolute Gasteiger partial charge is 0.478 e. The van der Waals surface area contributed by atoms with E-state index >= 15 is 0 Å². The van der Waals surface area contributed by atoms with Crippen LogP contribution in [0.1, 0.15) is 23.7 Å².